The number of rotatable bonds is 6. The number of nitro benzene ring substituents is 1. The van der Waals surface area contributed by atoms with E-state index in [1.807, 2.05) is 22.9 Å². The first-order valence-corrected chi connectivity index (χ1v) is 9.53. The molecule has 0 atom stereocenters. The molecule has 0 bridgehead atoms. The molecule has 122 valence electrons. The number of amides is 1. The minimum atomic E-state index is -0.450. The first-order valence-electron chi connectivity index (χ1n) is 6.78. The number of thiophene rings is 1. The number of nitro groups is 1. The van der Waals surface area contributed by atoms with Gasteiger partial charge in [-0.15, -0.1) is 34.4 Å². The van der Waals surface area contributed by atoms with Crippen LogP contribution in [0.3, 0.4) is 0 Å². The lowest BCUT2D eigenvalue weighted by atomic mass is 10.3. The minimum absolute atomic E-state index is 0.0349. The molecule has 1 N–H and O–H groups in total. The zero-order valence-corrected chi connectivity index (χ0v) is 14.6. The second-order valence-corrected chi connectivity index (χ2v) is 7.46. The van der Waals surface area contributed by atoms with E-state index in [9.17, 15) is 14.9 Å². The van der Waals surface area contributed by atoms with Gasteiger partial charge in [0.15, 0.2) is 5.13 Å². The van der Waals surface area contributed by atoms with E-state index in [-0.39, 0.29) is 17.3 Å². The van der Waals surface area contributed by atoms with Crippen molar-refractivity contribution in [3.63, 3.8) is 0 Å². The Hall–Kier alpha value is -2.23. The predicted octanol–water partition coefficient (Wildman–Crippen LogP) is 4.51. The van der Waals surface area contributed by atoms with Gasteiger partial charge in [0.05, 0.1) is 21.2 Å². The van der Waals surface area contributed by atoms with Gasteiger partial charge in [0, 0.05) is 22.4 Å². The number of anilines is 1. The van der Waals surface area contributed by atoms with Crippen LogP contribution in [-0.4, -0.2) is 21.6 Å². The number of non-ortho nitro benzene ring substituents is 1. The Morgan fingerprint density at radius 3 is 2.71 bits per heavy atom. The first kappa shape index (κ1) is 16.6. The molecule has 3 rings (SSSR count). The third-order valence-electron chi connectivity index (χ3n) is 2.94. The normalized spacial score (nSPS) is 10.5. The lowest BCUT2D eigenvalue weighted by Gasteiger charge is -2.02. The Labute approximate surface area is 149 Å². The average molecular weight is 377 g/mol. The lowest BCUT2D eigenvalue weighted by molar-refractivity contribution is -0.384. The topological polar surface area (TPSA) is 85.1 Å². The quantitative estimate of drug-likeness (QED) is 0.388. The van der Waals surface area contributed by atoms with Crippen LogP contribution in [0.15, 0.2) is 52.1 Å². The number of aromatic nitrogens is 1. The van der Waals surface area contributed by atoms with E-state index in [4.69, 9.17) is 0 Å². The van der Waals surface area contributed by atoms with Crippen LogP contribution in [0.4, 0.5) is 10.8 Å². The zero-order valence-electron chi connectivity index (χ0n) is 12.2. The number of thiazole rings is 1. The van der Waals surface area contributed by atoms with Gasteiger partial charge in [-0.25, -0.2) is 4.98 Å². The van der Waals surface area contributed by atoms with Crippen LogP contribution in [0.5, 0.6) is 0 Å². The highest BCUT2D eigenvalue weighted by Crippen LogP contribution is 2.28. The summed E-state index contributed by atoms with van der Waals surface area (Å²) in [5.41, 5.74) is 0.890. The van der Waals surface area contributed by atoms with Gasteiger partial charge in [-0.05, 0) is 23.6 Å². The van der Waals surface area contributed by atoms with E-state index in [2.05, 4.69) is 10.3 Å². The third-order valence-corrected chi connectivity index (χ3v) is 5.60. The molecular formula is C15H11N3O3S3. The Balaban J connectivity index is 1.53. The molecule has 24 heavy (non-hydrogen) atoms. The maximum absolute atomic E-state index is 12.0. The molecule has 3 aromatic rings. The van der Waals surface area contributed by atoms with Gasteiger partial charge in [0.25, 0.3) is 5.69 Å². The predicted molar refractivity (Wildman–Crippen MR) is 97.9 cm³/mol. The molecule has 1 aromatic carbocycles. The molecule has 2 heterocycles. The number of nitrogens with one attached hydrogen (secondary N) is 1. The fraction of sp³-hybridized carbons (Fsp3) is 0.0667. The summed E-state index contributed by atoms with van der Waals surface area (Å²) >= 11 is 4.30. The van der Waals surface area contributed by atoms with Gasteiger partial charge in [0.2, 0.25) is 5.91 Å². The smallest absolute Gasteiger partial charge is 0.269 e. The summed E-state index contributed by atoms with van der Waals surface area (Å²) in [5.74, 6) is 0.0524. The molecule has 1 amide bonds. The van der Waals surface area contributed by atoms with Gasteiger partial charge in [0.1, 0.15) is 0 Å². The molecule has 6 nitrogen and oxygen atoms in total. The Kier molecular flexibility index (Phi) is 5.24. The van der Waals surface area contributed by atoms with Crippen LogP contribution in [-0.2, 0) is 4.79 Å². The highest BCUT2D eigenvalue weighted by molar-refractivity contribution is 8.00. The van der Waals surface area contributed by atoms with E-state index in [1.165, 1.54) is 35.2 Å². The SMILES string of the molecule is O=C(CSc1ccc([N+](=O)[O-])cc1)Nc1nc(-c2cccs2)cs1. The van der Waals surface area contributed by atoms with Crippen LogP contribution in [0.1, 0.15) is 0 Å². The summed E-state index contributed by atoms with van der Waals surface area (Å²) in [5, 5.41) is 17.8. The molecule has 0 fully saturated rings. The van der Waals surface area contributed by atoms with Gasteiger partial charge in [-0.1, -0.05) is 6.07 Å². The summed E-state index contributed by atoms with van der Waals surface area (Å²) in [6.07, 6.45) is 0. The van der Waals surface area contributed by atoms with E-state index in [1.54, 1.807) is 23.5 Å². The maximum atomic E-state index is 12.0. The van der Waals surface area contributed by atoms with Crippen LogP contribution in [0.25, 0.3) is 10.6 Å². The van der Waals surface area contributed by atoms with Crippen LogP contribution < -0.4 is 5.32 Å². The number of benzene rings is 1. The molecular weight excluding hydrogens is 366 g/mol. The number of thioether (sulfide) groups is 1. The van der Waals surface area contributed by atoms with Crippen molar-refractivity contribution in [1.29, 1.82) is 0 Å². The summed E-state index contributed by atoms with van der Waals surface area (Å²) in [7, 11) is 0. The highest BCUT2D eigenvalue weighted by Gasteiger charge is 2.10. The molecule has 0 saturated carbocycles. The molecule has 9 heteroatoms. The minimum Gasteiger partial charge on any atom is -0.301 e. The van der Waals surface area contributed by atoms with Crippen molar-refractivity contribution in [3.8, 4) is 10.6 Å². The Morgan fingerprint density at radius 1 is 1.25 bits per heavy atom. The van der Waals surface area contributed by atoms with E-state index < -0.39 is 4.92 Å². The van der Waals surface area contributed by atoms with Crippen molar-refractivity contribution in [3.05, 3.63) is 57.3 Å². The summed E-state index contributed by atoms with van der Waals surface area (Å²) in [4.78, 5) is 28.4. The second kappa shape index (κ2) is 7.56. The number of carbonyl (C=O) groups excluding carboxylic acids is 1. The number of nitrogens with zero attached hydrogens (tertiary/aromatic N) is 2. The Morgan fingerprint density at radius 2 is 2.04 bits per heavy atom. The molecule has 0 aliphatic rings. The van der Waals surface area contributed by atoms with Crippen LogP contribution >= 0.6 is 34.4 Å². The van der Waals surface area contributed by atoms with Crippen molar-refractivity contribution in [2.24, 2.45) is 0 Å². The van der Waals surface area contributed by atoms with Crippen molar-refractivity contribution in [2.75, 3.05) is 11.1 Å². The summed E-state index contributed by atoms with van der Waals surface area (Å²) in [6.45, 7) is 0. The third kappa shape index (κ3) is 4.19. The molecule has 0 aliphatic heterocycles. The summed E-state index contributed by atoms with van der Waals surface area (Å²) < 4.78 is 0. The van der Waals surface area contributed by atoms with Gasteiger partial charge in [-0.3, -0.25) is 14.9 Å². The standard InChI is InChI=1S/C15H11N3O3S3/c19-14(9-23-11-5-3-10(4-6-11)18(20)21)17-15-16-12(8-24-15)13-2-1-7-22-13/h1-8H,9H2,(H,16,17,19). The van der Waals surface area contributed by atoms with Crippen molar-refractivity contribution in [2.45, 2.75) is 4.90 Å². The lowest BCUT2D eigenvalue weighted by Crippen LogP contribution is -2.13. The molecule has 0 unspecified atom stereocenters. The van der Waals surface area contributed by atoms with Gasteiger partial charge < -0.3 is 5.32 Å². The molecule has 2 aromatic heterocycles. The van der Waals surface area contributed by atoms with Crippen LogP contribution in [0, 0.1) is 10.1 Å². The molecule has 0 spiro atoms. The highest BCUT2D eigenvalue weighted by atomic mass is 32.2. The second-order valence-electron chi connectivity index (χ2n) is 4.60. The first-order chi connectivity index (χ1) is 11.6. The molecule has 0 aliphatic carbocycles. The van der Waals surface area contributed by atoms with Crippen molar-refractivity contribution in [1.82, 2.24) is 4.98 Å². The van der Waals surface area contributed by atoms with Crippen molar-refractivity contribution < 1.29 is 9.72 Å². The van der Waals surface area contributed by atoms with E-state index in [0.29, 0.717) is 5.13 Å². The monoisotopic (exact) mass is 377 g/mol. The van der Waals surface area contributed by atoms with Crippen LogP contribution in [0.2, 0.25) is 0 Å². The molecule has 0 radical (unpaired) electrons. The number of hydrogen-bond donors (Lipinski definition) is 1. The zero-order chi connectivity index (χ0) is 16.9. The van der Waals surface area contributed by atoms with Crippen molar-refractivity contribution >= 4 is 51.2 Å². The van der Waals surface area contributed by atoms with Gasteiger partial charge in [-0.2, -0.15) is 0 Å². The maximum Gasteiger partial charge on any atom is 0.269 e. The number of hydrogen-bond acceptors (Lipinski definition) is 7. The Bertz CT molecular complexity index is 844. The number of carbonyl (C=O) groups is 1. The molecule has 0 saturated heterocycles. The van der Waals surface area contributed by atoms with Gasteiger partial charge >= 0.3 is 0 Å². The fourth-order valence-electron chi connectivity index (χ4n) is 1.84. The summed E-state index contributed by atoms with van der Waals surface area (Å²) in [6, 6.07) is 10.1. The largest absolute Gasteiger partial charge is 0.301 e. The fourth-order valence-corrected chi connectivity index (χ4v) is 4.02. The van der Waals surface area contributed by atoms with E-state index >= 15 is 0 Å². The van der Waals surface area contributed by atoms with E-state index in [0.717, 1.165) is 15.5 Å². The average Bonchev–Trinajstić information content (AvgIpc) is 3.24.